The Morgan fingerprint density at radius 2 is 2.00 bits per heavy atom. The van der Waals surface area contributed by atoms with Crippen molar-refractivity contribution in [1.82, 2.24) is 4.72 Å². The maximum atomic E-state index is 12.1. The molecular weight excluding hydrogens is 370 g/mol. The summed E-state index contributed by atoms with van der Waals surface area (Å²) >= 11 is 6.53. The molecule has 0 spiro atoms. The van der Waals surface area contributed by atoms with E-state index in [0.717, 1.165) is 17.3 Å². The van der Waals surface area contributed by atoms with Crippen LogP contribution in [-0.4, -0.2) is 14.5 Å². The molecule has 96 valence electrons. The van der Waals surface area contributed by atoms with E-state index in [1.807, 2.05) is 13.8 Å². The van der Waals surface area contributed by atoms with Gasteiger partial charge in [0.05, 0.1) is 4.90 Å². The zero-order valence-electron chi connectivity index (χ0n) is 9.70. The molecule has 0 aliphatic rings. The molecule has 0 unspecified atom stereocenters. The Bertz CT molecular complexity index is 488. The molecule has 1 atom stereocenters. The van der Waals surface area contributed by atoms with Crippen molar-refractivity contribution in [2.75, 3.05) is 0 Å². The fourth-order valence-electron chi connectivity index (χ4n) is 1.50. The van der Waals surface area contributed by atoms with Crippen molar-refractivity contribution in [3.05, 3.63) is 27.1 Å². The second-order valence-electron chi connectivity index (χ2n) is 3.89. The topological polar surface area (TPSA) is 46.2 Å². The number of sulfonamides is 1. The van der Waals surface area contributed by atoms with Gasteiger partial charge in [0.1, 0.15) is 0 Å². The first-order chi connectivity index (χ1) is 7.86. The van der Waals surface area contributed by atoms with Crippen LogP contribution in [0.5, 0.6) is 0 Å². The molecule has 0 heterocycles. The molecule has 0 bridgehead atoms. The van der Waals surface area contributed by atoms with Crippen LogP contribution in [0.25, 0.3) is 0 Å². The molecule has 1 N–H and O–H groups in total. The average molecular weight is 385 g/mol. The maximum absolute atomic E-state index is 12.1. The molecule has 17 heavy (non-hydrogen) atoms. The van der Waals surface area contributed by atoms with Crippen molar-refractivity contribution in [1.29, 1.82) is 0 Å². The number of hydrogen-bond acceptors (Lipinski definition) is 2. The molecule has 0 aromatic heterocycles. The molecular formula is C11H15Br2NO2S. The Balaban J connectivity index is 3.01. The third-order valence-corrected chi connectivity index (χ3v) is 5.34. The summed E-state index contributed by atoms with van der Waals surface area (Å²) in [4.78, 5) is 0.259. The highest BCUT2D eigenvalue weighted by Crippen LogP contribution is 2.25. The van der Waals surface area contributed by atoms with Gasteiger partial charge in [0.25, 0.3) is 0 Å². The molecule has 0 saturated carbocycles. The Morgan fingerprint density at radius 3 is 2.59 bits per heavy atom. The molecule has 0 radical (unpaired) electrons. The van der Waals surface area contributed by atoms with Gasteiger partial charge in [-0.1, -0.05) is 29.3 Å². The normalized spacial score (nSPS) is 13.6. The van der Waals surface area contributed by atoms with Crippen LogP contribution in [-0.2, 0) is 10.0 Å². The highest BCUT2D eigenvalue weighted by atomic mass is 79.9. The maximum Gasteiger partial charge on any atom is 0.241 e. The molecule has 6 heteroatoms. The van der Waals surface area contributed by atoms with Gasteiger partial charge in [-0.15, -0.1) is 0 Å². The molecule has 0 amide bonds. The largest absolute Gasteiger partial charge is 0.241 e. The first-order valence-corrected chi connectivity index (χ1v) is 8.41. The van der Waals surface area contributed by atoms with Gasteiger partial charge in [-0.05, 0) is 47.5 Å². The molecule has 1 aromatic carbocycles. The number of nitrogens with one attached hydrogen (secondary N) is 1. The summed E-state index contributed by atoms with van der Waals surface area (Å²) in [5.41, 5.74) is 0. The summed E-state index contributed by atoms with van der Waals surface area (Å²) in [6.45, 7) is 3.90. The SMILES string of the molecule is CCC[C@@H](C)NS(=O)(=O)c1cc(Br)ccc1Br. The zero-order chi connectivity index (χ0) is 13.1. The van der Waals surface area contributed by atoms with Crippen LogP contribution in [0.2, 0.25) is 0 Å². The van der Waals surface area contributed by atoms with Gasteiger partial charge in [0.15, 0.2) is 0 Å². The van der Waals surface area contributed by atoms with Crippen molar-refractivity contribution in [3.8, 4) is 0 Å². The lowest BCUT2D eigenvalue weighted by atomic mass is 10.2. The summed E-state index contributed by atoms with van der Waals surface area (Å²) in [5, 5.41) is 0. The smallest absolute Gasteiger partial charge is 0.208 e. The van der Waals surface area contributed by atoms with Crippen molar-refractivity contribution < 1.29 is 8.42 Å². The fourth-order valence-corrected chi connectivity index (χ4v) is 4.28. The van der Waals surface area contributed by atoms with Crippen LogP contribution >= 0.6 is 31.9 Å². The standard InChI is InChI=1S/C11H15Br2NO2S/c1-3-4-8(2)14-17(15,16)11-7-9(12)5-6-10(11)13/h5-8,14H,3-4H2,1-2H3/t8-/m1/s1. The molecule has 0 aliphatic heterocycles. The van der Waals surface area contributed by atoms with Crippen molar-refractivity contribution in [2.45, 2.75) is 37.6 Å². The van der Waals surface area contributed by atoms with Crippen molar-refractivity contribution in [3.63, 3.8) is 0 Å². The van der Waals surface area contributed by atoms with E-state index in [0.29, 0.717) is 4.47 Å². The summed E-state index contributed by atoms with van der Waals surface area (Å²) in [6, 6.07) is 5.03. The summed E-state index contributed by atoms with van der Waals surface area (Å²) in [7, 11) is -3.46. The van der Waals surface area contributed by atoms with Gasteiger partial charge in [0, 0.05) is 15.0 Å². The highest BCUT2D eigenvalue weighted by molar-refractivity contribution is 9.11. The Morgan fingerprint density at radius 1 is 1.35 bits per heavy atom. The van der Waals surface area contributed by atoms with E-state index in [1.165, 1.54) is 0 Å². The van der Waals surface area contributed by atoms with Gasteiger partial charge in [0.2, 0.25) is 10.0 Å². The fraction of sp³-hybridized carbons (Fsp3) is 0.455. The lowest BCUT2D eigenvalue weighted by Gasteiger charge is -2.14. The molecule has 3 nitrogen and oxygen atoms in total. The number of halogens is 2. The van der Waals surface area contributed by atoms with E-state index in [4.69, 9.17) is 0 Å². The predicted octanol–water partition coefficient (Wildman–Crippen LogP) is 3.68. The van der Waals surface area contributed by atoms with Crippen LogP contribution in [0.15, 0.2) is 32.0 Å². The lowest BCUT2D eigenvalue weighted by Crippen LogP contribution is -2.32. The average Bonchev–Trinajstić information content (AvgIpc) is 2.21. The van der Waals surface area contributed by atoms with Gasteiger partial charge in [-0.25, -0.2) is 13.1 Å². The minimum atomic E-state index is -3.46. The third-order valence-electron chi connectivity index (χ3n) is 2.26. The first kappa shape index (κ1) is 15.1. The molecule has 0 aliphatic carbocycles. The summed E-state index contributed by atoms with van der Waals surface area (Å²) < 4.78 is 28.2. The molecule has 0 fully saturated rings. The minimum absolute atomic E-state index is 0.0594. The predicted molar refractivity (Wildman–Crippen MR) is 76.5 cm³/mol. The second kappa shape index (κ2) is 6.31. The van der Waals surface area contributed by atoms with E-state index < -0.39 is 10.0 Å². The van der Waals surface area contributed by atoms with E-state index in [1.54, 1.807) is 18.2 Å². The second-order valence-corrected chi connectivity index (χ2v) is 7.34. The van der Waals surface area contributed by atoms with Crippen LogP contribution in [0.4, 0.5) is 0 Å². The number of rotatable bonds is 5. The number of hydrogen-bond donors (Lipinski definition) is 1. The van der Waals surface area contributed by atoms with Gasteiger partial charge in [-0.2, -0.15) is 0 Å². The highest BCUT2D eigenvalue weighted by Gasteiger charge is 2.20. The monoisotopic (exact) mass is 383 g/mol. The summed E-state index contributed by atoms with van der Waals surface area (Å²) in [5.74, 6) is 0. The van der Waals surface area contributed by atoms with Crippen LogP contribution in [0, 0.1) is 0 Å². The molecule has 1 rings (SSSR count). The summed E-state index contributed by atoms with van der Waals surface area (Å²) in [6.07, 6.45) is 1.77. The lowest BCUT2D eigenvalue weighted by molar-refractivity contribution is 0.543. The van der Waals surface area contributed by atoms with Crippen LogP contribution in [0.3, 0.4) is 0 Å². The van der Waals surface area contributed by atoms with Gasteiger partial charge < -0.3 is 0 Å². The van der Waals surface area contributed by atoms with E-state index in [-0.39, 0.29) is 10.9 Å². The van der Waals surface area contributed by atoms with Crippen molar-refractivity contribution in [2.24, 2.45) is 0 Å². The quantitative estimate of drug-likeness (QED) is 0.841. The molecule has 1 aromatic rings. The Labute approximate surface area is 119 Å². The van der Waals surface area contributed by atoms with Gasteiger partial charge >= 0.3 is 0 Å². The zero-order valence-corrected chi connectivity index (χ0v) is 13.7. The van der Waals surface area contributed by atoms with E-state index in [2.05, 4.69) is 36.6 Å². The first-order valence-electron chi connectivity index (χ1n) is 5.34. The van der Waals surface area contributed by atoms with Crippen LogP contribution in [0.1, 0.15) is 26.7 Å². The van der Waals surface area contributed by atoms with E-state index in [9.17, 15) is 8.42 Å². The van der Waals surface area contributed by atoms with Crippen LogP contribution < -0.4 is 4.72 Å². The molecule has 0 saturated heterocycles. The van der Waals surface area contributed by atoms with Gasteiger partial charge in [-0.3, -0.25) is 0 Å². The minimum Gasteiger partial charge on any atom is -0.208 e. The Hall–Kier alpha value is 0.0900. The van der Waals surface area contributed by atoms with E-state index >= 15 is 0 Å². The Kier molecular flexibility index (Phi) is 5.63. The van der Waals surface area contributed by atoms with Crippen molar-refractivity contribution >= 4 is 41.9 Å². The third kappa shape index (κ3) is 4.35. The number of benzene rings is 1.